The lowest BCUT2D eigenvalue weighted by atomic mass is 10.2. The highest BCUT2D eigenvalue weighted by Crippen LogP contribution is 2.30. The molecule has 0 bridgehead atoms. The van der Waals surface area contributed by atoms with Gasteiger partial charge >= 0.3 is 6.18 Å². The topological polar surface area (TPSA) is 21.3 Å². The van der Waals surface area contributed by atoms with Gasteiger partial charge in [-0.3, -0.25) is 0 Å². The van der Waals surface area contributed by atoms with Crippen LogP contribution in [0.3, 0.4) is 0 Å². The van der Waals surface area contributed by atoms with Crippen LogP contribution in [-0.4, -0.2) is 19.2 Å². The van der Waals surface area contributed by atoms with Crippen LogP contribution in [0.5, 0.6) is 5.75 Å². The summed E-state index contributed by atoms with van der Waals surface area (Å²) in [5, 5.41) is 3.40. The molecular formula is C14H18F3NO. The predicted octanol–water partition coefficient (Wildman–Crippen LogP) is 3.62. The molecule has 1 aromatic rings. The van der Waals surface area contributed by atoms with Gasteiger partial charge in [0.25, 0.3) is 0 Å². The molecule has 0 amide bonds. The predicted molar refractivity (Wildman–Crippen MR) is 67.2 cm³/mol. The maximum atomic E-state index is 12.3. The first kappa shape index (κ1) is 14.2. The van der Waals surface area contributed by atoms with Gasteiger partial charge in [-0.05, 0) is 56.5 Å². The van der Waals surface area contributed by atoms with Gasteiger partial charge in [-0.2, -0.15) is 13.2 Å². The Balaban J connectivity index is 1.62. The highest BCUT2D eigenvalue weighted by atomic mass is 19.4. The van der Waals surface area contributed by atoms with Crippen molar-refractivity contribution in [2.45, 2.75) is 37.9 Å². The second-order valence-corrected chi connectivity index (χ2v) is 4.81. The van der Waals surface area contributed by atoms with Crippen molar-refractivity contribution in [2.24, 2.45) is 0 Å². The third-order valence-corrected chi connectivity index (χ3v) is 3.03. The van der Waals surface area contributed by atoms with Crippen molar-refractivity contribution in [3.63, 3.8) is 0 Å². The molecule has 19 heavy (non-hydrogen) atoms. The summed E-state index contributed by atoms with van der Waals surface area (Å²) in [4.78, 5) is 0. The molecule has 0 saturated heterocycles. The number of halogens is 3. The quantitative estimate of drug-likeness (QED) is 0.766. The third-order valence-electron chi connectivity index (χ3n) is 3.03. The summed E-state index contributed by atoms with van der Waals surface area (Å²) in [6.07, 6.45) is 0.203. The molecule has 1 saturated carbocycles. The van der Waals surface area contributed by atoms with Gasteiger partial charge in [0.1, 0.15) is 5.75 Å². The molecule has 1 aromatic carbocycles. The zero-order valence-corrected chi connectivity index (χ0v) is 10.7. The number of alkyl halides is 3. The fourth-order valence-electron chi connectivity index (χ4n) is 1.75. The summed E-state index contributed by atoms with van der Waals surface area (Å²) >= 11 is 0. The second kappa shape index (κ2) is 6.28. The largest absolute Gasteiger partial charge is 0.494 e. The number of nitrogens with one attached hydrogen (secondary N) is 1. The molecule has 0 unspecified atom stereocenters. The number of hydrogen-bond acceptors (Lipinski definition) is 2. The van der Waals surface area contributed by atoms with Crippen molar-refractivity contribution in [1.82, 2.24) is 5.32 Å². The van der Waals surface area contributed by atoms with E-state index >= 15 is 0 Å². The van der Waals surface area contributed by atoms with Crippen molar-refractivity contribution in [1.29, 1.82) is 0 Å². The Morgan fingerprint density at radius 1 is 1.11 bits per heavy atom. The monoisotopic (exact) mass is 273 g/mol. The van der Waals surface area contributed by atoms with E-state index in [-0.39, 0.29) is 0 Å². The zero-order chi connectivity index (χ0) is 13.7. The van der Waals surface area contributed by atoms with Crippen LogP contribution in [-0.2, 0) is 6.18 Å². The van der Waals surface area contributed by atoms with E-state index in [1.54, 1.807) is 0 Å². The summed E-state index contributed by atoms with van der Waals surface area (Å²) in [6, 6.07) is 5.54. The van der Waals surface area contributed by atoms with Gasteiger partial charge in [-0.25, -0.2) is 0 Å². The molecule has 0 aliphatic heterocycles. The van der Waals surface area contributed by atoms with E-state index in [4.69, 9.17) is 4.74 Å². The highest BCUT2D eigenvalue weighted by Gasteiger charge is 2.29. The summed E-state index contributed by atoms with van der Waals surface area (Å²) in [5.74, 6) is 0.489. The van der Waals surface area contributed by atoms with Crippen molar-refractivity contribution >= 4 is 0 Å². The van der Waals surface area contributed by atoms with Crippen LogP contribution >= 0.6 is 0 Å². The SMILES string of the molecule is FC(F)(F)c1ccc(OCCCCNC2CC2)cc1. The number of rotatable bonds is 7. The number of hydrogen-bond donors (Lipinski definition) is 1. The standard InChI is InChI=1S/C14H18F3NO/c15-14(16,17)11-3-7-13(8-4-11)19-10-2-1-9-18-12-5-6-12/h3-4,7-8,12,18H,1-2,5-6,9-10H2. The van der Waals surface area contributed by atoms with E-state index < -0.39 is 11.7 Å². The Morgan fingerprint density at radius 3 is 2.37 bits per heavy atom. The molecule has 106 valence electrons. The average Bonchev–Trinajstić information content (AvgIpc) is 3.17. The van der Waals surface area contributed by atoms with Crippen LogP contribution in [0, 0.1) is 0 Å². The Kier molecular flexibility index (Phi) is 4.69. The van der Waals surface area contributed by atoms with E-state index in [0.717, 1.165) is 37.6 Å². The normalized spacial score (nSPS) is 15.5. The fraction of sp³-hybridized carbons (Fsp3) is 0.571. The van der Waals surface area contributed by atoms with Gasteiger partial charge in [0.05, 0.1) is 12.2 Å². The molecule has 0 spiro atoms. The summed E-state index contributed by atoms with van der Waals surface area (Å²) in [6.45, 7) is 1.53. The summed E-state index contributed by atoms with van der Waals surface area (Å²) in [5.41, 5.74) is -0.645. The van der Waals surface area contributed by atoms with Crippen LogP contribution < -0.4 is 10.1 Å². The molecule has 1 fully saturated rings. The molecule has 2 rings (SSSR count). The average molecular weight is 273 g/mol. The van der Waals surface area contributed by atoms with Crippen LogP contribution in [0.4, 0.5) is 13.2 Å². The molecule has 5 heteroatoms. The van der Waals surface area contributed by atoms with E-state index in [0.29, 0.717) is 12.4 Å². The van der Waals surface area contributed by atoms with Crippen LogP contribution in [0.25, 0.3) is 0 Å². The minimum atomic E-state index is -4.28. The van der Waals surface area contributed by atoms with Gasteiger partial charge in [-0.15, -0.1) is 0 Å². The molecule has 0 atom stereocenters. The van der Waals surface area contributed by atoms with Crippen molar-refractivity contribution in [3.8, 4) is 5.75 Å². The Labute approximate surface area is 111 Å². The molecule has 0 radical (unpaired) electrons. The Bertz CT molecular complexity index is 385. The molecule has 1 aliphatic rings. The van der Waals surface area contributed by atoms with Gasteiger partial charge in [0, 0.05) is 6.04 Å². The smallest absolute Gasteiger partial charge is 0.416 e. The lowest BCUT2D eigenvalue weighted by Crippen LogP contribution is -2.17. The van der Waals surface area contributed by atoms with Gasteiger partial charge < -0.3 is 10.1 Å². The number of benzene rings is 1. The Morgan fingerprint density at radius 2 is 1.79 bits per heavy atom. The van der Waals surface area contributed by atoms with E-state index in [9.17, 15) is 13.2 Å². The summed E-state index contributed by atoms with van der Waals surface area (Å²) < 4.78 is 42.4. The highest BCUT2D eigenvalue weighted by molar-refractivity contribution is 5.28. The van der Waals surface area contributed by atoms with E-state index in [1.807, 2.05) is 0 Å². The van der Waals surface area contributed by atoms with Crippen molar-refractivity contribution < 1.29 is 17.9 Å². The Hall–Kier alpha value is -1.23. The number of ether oxygens (including phenoxy) is 1. The fourth-order valence-corrected chi connectivity index (χ4v) is 1.75. The zero-order valence-electron chi connectivity index (χ0n) is 10.7. The first-order chi connectivity index (χ1) is 9.05. The first-order valence-corrected chi connectivity index (χ1v) is 6.59. The van der Waals surface area contributed by atoms with Crippen LogP contribution in [0.1, 0.15) is 31.2 Å². The van der Waals surface area contributed by atoms with Crippen molar-refractivity contribution in [3.05, 3.63) is 29.8 Å². The maximum absolute atomic E-state index is 12.3. The molecule has 1 N–H and O–H groups in total. The lowest BCUT2D eigenvalue weighted by Gasteiger charge is -2.09. The second-order valence-electron chi connectivity index (χ2n) is 4.81. The third kappa shape index (κ3) is 5.11. The molecule has 1 aliphatic carbocycles. The van der Waals surface area contributed by atoms with Gasteiger partial charge in [0.15, 0.2) is 0 Å². The maximum Gasteiger partial charge on any atom is 0.416 e. The van der Waals surface area contributed by atoms with Crippen molar-refractivity contribution in [2.75, 3.05) is 13.2 Å². The van der Waals surface area contributed by atoms with Crippen LogP contribution in [0.2, 0.25) is 0 Å². The molecule has 0 heterocycles. The minimum Gasteiger partial charge on any atom is -0.494 e. The van der Waals surface area contributed by atoms with Gasteiger partial charge in [0.2, 0.25) is 0 Å². The molecule has 0 aromatic heterocycles. The minimum absolute atomic E-state index is 0.489. The van der Waals surface area contributed by atoms with Gasteiger partial charge in [-0.1, -0.05) is 0 Å². The van der Waals surface area contributed by atoms with E-state index in [2.05, 4.69) is 5.32 Å². The molecular weight excluding hydrogens is 255 g/mol. The number of unbranched alkanes of at least 4 members (excludes halogenated alkanes) is 1. The van der Waals surface area contributed by atoms with Crippen LogP contribution in [0.15, 0.2) is 24.3 Å². The van der Waals surface area contributed by atoms with E-state index in [1.165, 1.54) is 25.0 Å². The summed E-state index contributed by atoms with van der Waals surface area (Å²) in [7, 11) is 0. The lowest BCUT2D eigenvalue weighted by molar-refractivity contribution is -0.137. The first-order valence-electron chi connectivity index (χ1n) is 6.59. The molecule has 2 nitrogen and oxygen atoms in total.